The van der Waals surface area contributed by atoms with E-state index in [1.165, 1.54) is 18.2 Å². The van der Waals surface area contributed by atoms with Gasteiger partial charge in [-0.2, -0.15) is 4.31 Å². The van der Waals surface area contributed by atoms with Gasteiger partial charge in [0.15, 0.2) is 0 Å². The second-order valence-electron chi connectivity index (χ2n) is 5.82. The predicted octanol–water partition coefficient (Wildman–Crippen LogP) is 0.865. The summed E-state index contributed by atoms with van der Waals surface area (Å²) < 4.78 is 26.7. The van der Waals surface area contributed by atoms with Gasteiger partial charge in [0.25, 0.3) is 0 Å². The first-order chi connectivity index (χ1) is 9.56. The van der Waals surface area contributed by atoms with Crippen LogP contribution < -0.4 is 0 Å². The Labute approximate surface area is 123 Å². The van der Waals surface area contributed by atoms with Crippen molar-refractivity contribution in [1.29, 1.82) is 0 Å². The Hall–Kier alpha value is -1.38. The number of rotatable bonds is 3. The molecule has 0 bridgehead atoms. The van der Waals surface area contributed by atoms with Crippen LogP contribution in [-0.4, -0.2) is 52.6 Å². The standard InChI is InChI=1S/C13H20N2O5S/c1-8-10(12(16)17)14-9(2)11(8)21(19,20)15-6-4-5-13(3,18)7-15/h14,18H,4-7H2,1-3H3,(H,16,17). The summed E-state index contributed by atoms with van der Waals surface area (Å²) in [4.78, 5) is 13.7. The number of hydrogen-bond donors (Lipinski definition) is 3. The summed E-state index contributed by atoms with van der Waals surface area (Å²) in [6.07, 6.45) is 1.12. The SMILES string of the molecule is Cc1[nH]c(C(=O)O)c(C)c1S(=O)(=O)N1CCCC(C)(O)C1. The molecule has 2 rings (SSSR count). The molecule has 1 fully saturated rings. The number of carbonyl (C=O) groups is 1. The molecule has 1 saturated heterocycles. The highest BCUT2D eigenvalue weighted by Crippen LogP contribution is 2.30. The number of aryl methyl sites for hydroxylation is 1. The molecule has 8 heteroatoms. The average molecular weight is 316 g/mol. The highest BCUT2D eigenvalue weighted by Gasteiger charge is 2.38. The second kappa shape index (κ2) is 5.11. The maximum atomic E-state index is 12.8. The van der Waals surface area contributed by atoms with Gasteiger partial charge in [0.05, 0.1) is 5.60 Å². The first-order valence-electron chi connectivity index (χ1n) is 6.71. The first-order valence-corrected chi connectivity index (χ1v) is 8.15. The fourth-order valence-electron chi connectivity index (χ4n) is 2.84. The van der Waals surface area contributed by atoms with E-state index in [2.05, 4.69) is 4.98 Å². The van der Waals surface area contributed by atoms with Gasteiger partial charge in [-0.15, -0.1) is 0 Å². The predicted molar refractivity (Wildman–Crippen MR) is 75.8 cm³/mol. The zero-order chi connectivity index (χ0) is 16.0. The molecule has 118 valence electrons. The molecule has 2 heterocycles. The smallest absolute Gasteiger partial charge is 0.352 e. The number of hydrogen-bond acceptors (Lipinski definition) is 4. The summed E-state index contributed by atoms with van der Waals surface area (Å²) >= 11 is 0. The minimum Gasteiger partial charge on any atom is -0.477 e. The zero-order valence-corrected chi connectivity index (χ0v) is 13.1. The Morgan fingerprint density at radius 2 is 2.00 bits per heavy atom. The van der Waals surface area contributed by atoms with Crippen molar-refractivity contribution in [3.8, 4) is 0 Å². The Morgan fingerprint density at radius 3 is 2.48 bits per heavy atom. The highest BCUT2D eigenvalue weighted by atomic mass is 32.2. The molecule has 0 radical (unpaired) electrons. The summed E-state index contributed by atoms with van der Waals surface area (Å²) in [7, 11) is -3.83. The average Bonchev–Trinajstić information content (AvgIpc) is 2.64. The van der Waals surface area contributed by atoms with Gasteiger partial charge in [-0.25, -0.2) is 13.2 Å². The summed E-state index contributed by atoms with van der Waals surface area (Å²) in [5.41, 5.74) is -0.672. The zero-order valence-electron chi connectivity index (χ0n) is 12.3. The number of sulfonamides is 1. The molecular weight excluding hydrogens is 296 g/mol. The molecule has 21 heavy (non-hydrogen) atoms. The fraction of sp³-hybridized carbons (Fsp3) is 0.615. The number of aliphatic hydroxyl groups is 1. The second-order valence-corrected chi connectivity index (χ2v) is 7.70. The molecule has 3 N–H and O–H groups in total. The molecule has 7 nitrogen and oxygen atoms in total. The number of piperidine rings is 1. The van der Waals surface area contributed by atoms with Gasteiger partial charge in [-0.1, -0.05) is 0 Å². The van der Waals surface area contributed by atoms with Crippen LogP contribution in [0.15, 0.2) is 4.90 Å². The van der Waals surface area contributed by atoms with Gasteiger partial charge in [0.1, 0.15) is 10.6 Å². The third kappa shape index (κ3) is 2.83. The van der Waals surface area contributed by atoms with Gasteiger partial charge in [-0.3, -0.25) is 0 Å². The summed E-state index contributed by atoms with van der Waals surface area (Å²) in [6.45, 7) is 4.96. The van der Waals surface area contributed by atoms with Crippen molar-refractivity contribution in [1.82, 2.24) is 9.29 Å². The van der Waals surface area contributed by atoms with Gasteiger partial charge in [0, 0.05) is 24.3 Å². The monoisotopic (exact) mass is 316 g/mol. The molecule has 0 aliphatic carbocycles. The van der Waals surface area contributed by atoms with Crippen LogP contribution in [-0.2, 0) is 10.0 Å². The lowest BCUT2D eigenvalue weighted by Gasteiger charge is -2.36. The summed E-state index contributed by atoms with van der Waals surface area (Å²) in [5, 5.41) is 19.2. The Bertz CT molecular complexity index is 675. The third-order valence-electron chi connectivity index (χ3n) is 3.82. The van der Waals surface area contributed by atoms with E-state index < -0.39 is 21.6 Å². The third-order valence-corrected chi connectivity index (χ3v) is 5.94. The number of H-pyrrole nitrogens is 1. The van der Waals surface area contributed by atoms with Crippen molar-refractivity contribution in [2.45, 2.75) is 44.1 Å². The number of aromatic carboxylic acids is 1. The van der Waals surface area contributed by atoms with Crippen LogP contribution in [0.2, 0.25) is 0 Å². The molecular formula is C13H20N2O5S. The van der Waals surface area contributed by atoms with Crippen molar-refractivity contribution in [2.75, 3.05) is 13.1 Å². The van der Waals surface area contributed by atoms with Crippen molar-refractivity contribution in [3.63, 3.8) is 0 Å². The molecule has 0 saturated carbocycles. The van der Waals surface area contributed by atoms with E-state index in [4.69, 9.17) is 5.11 Å². The van der Waals surface area contributed by atoms with E-state index in [0.717, 1.165) is 0 Å². The number of carboxylic acids is 1. The molecule has 1 aromatic heterocycles. The van der Waals surface area contributed by atoms with Crippen LogP contribution >= 0.6 is 0 Å². The maximum Gasteiger partial charge on any atom is 0.352 e. The number of carboxylic acid groups (broad SMARTS) is 1. The molecule has 0 amide bonds. The lowest BCUT2D eigenvalue weighted by molar-refractivity contribution is 0.00937. The van der Waals surface area contributed by atoms with Crippen LogP contribution in [0, 0.1) is 13.8 Å². The van der Waals surface area contributed by atoms with Crippen molar-refractivity contribution < 1.29 is 23.4 Å². The number of nitrogens with zero attached hydrogens (tertiary/aromatic N) is 1. The van der Waals surface area contributed by atoms with Crippen LogP contribution in [0.4, 0.5) is 0 Å². The van der Waals surface area contributed by atoms with Gasteiger partial charge < -0.3 is 15.2 Å². The lowest BCUT2D eigenvalue weighted by Crippen LogP contribution is -2.48. The Kier molecular flexibility index (Phi) is 3.90. The molecule has 1 unspecified atom stereocenters. The fourth-order valence-corrected chi connectivity index (χ4v) is 4.84. The van der Waals surface area contributed by atoms with Crippen LogP contribution in [0.25, 0.3) is 0 Å². The van der Waals surface area contributed by atoms with Gasteiger partial charge in [0.2, 0.25) is 10.0 Å². The van der Waals surface area contributed by atoms with E-state index in [0.29, 0.717) is 25.1 Å². The number of β-amino-alcohol motifs (C(OH)–C–C–N with tert-alkyl or cyclic N) is 1. The van der Waals surface area contributed by atoms with E-state index in [1.807, 2.05) is 0 Å². The highest BCUT2D eigenvalue weighted by molar-refractivity contribution is 7.89. The molecule has 1 aliphatic heterocycles. The minimum atomic E-state index is -3.83. The normalized spacial score (nSPS) is 24.2. The molecule has 1 aromatic rings. The maximum absolute atomic E-state index is 12.8. The van der Waals surface area contributed by atoms with Gasteiger partial charge >= 0.3 is 5.97 Å². The number of aromatic nitrogens is 1. The summed E-state index contributed by atoms with van der Waals surface area (Å²) in [5.74, 6) is -1.19. The Balaban J connectivity index is 2.48. The van der Waals surface area contributed by atoms with Gasteiger partial charge in [-0.05, 0) is 33.6 Å². The van der Waals surface area contributed by atoms with Crippen LogP contribution in [0.1, 0.15) is 41.5 Å². The molecule has 0 aromatic carbocycles. The molecule has 1 aliphatic rings. The van der Waals surface area contributed by atoms with Crippen molar-refractivity contribution in [2.24, 2.45) is 0 Å². The molecule has 1 atom stereocenters. The van der Waals surface area contributed by atoms with E-state index in [1.54, 1.807) is 6.92 Å². The number of nitrogens with one attached hydrogen (secondary N) is 1. The van der Waals surface area contributed by atoms with Crippen LogP contribution in [0.3, 0.4) is 0 Å². The Morgan fingerprint density at radius 1 is 1.38 bits per heavy atom. The lowest BCUT2D eigenvalue weighted by atomic mass is 9.97. The molecule has 0 spiro atoms. The van der Waals surface area contributed by atoms with E-state index in [9.17, 15) is 18.3 Å². The van der Waals surface area contributed by atoms with E-state index in [-0.39, 0.29) is 22.7 Å². The van der Waals surface area contributed by atoms with Crippen molar-refractivity contribution >= 4 is 16.0 Å². The topological polar surface area (TPSA) is 111 Å². The first kappa shape index (κ1) is 16.0. The minimum absolute atomic E-state index is 0.00222. The van der Waals surface area contributed by atoms with Crippen LogP contribution in [0.5, 0.6) is 0 Å². The van der Waals surface area contributed by atoms with Crippen molar-refractivity contribution in [3.05, 3.63) is 17.0 Å². The summed E-state index contributed by atoms with van der Waals surface area (Å²) in [6, 6.07) is 0. The quantitative estimate of drug-likeness (QED) is 0.766. The van der Waals surface area contributed by atoms with E-state index >= 15 is 0 Å². The largest absolute Gasteiger partial charge is 0.477 e. The number of aromatic amines is 1.